The molecule has 2 aromatic heterocycles. The molecule has 3 unspecified atom stereocenters. The number of hydrogen-bond acceptors (Lipinski definition) is 5. The molecule has 0 radical (unpaired) electrons. The molecule has 2 N–H and O–H groups in total. The number of pyridine rings is 1. The zero-order valence-electron chi connectivity index (χ0n) is 23.2. The van der Waals surface area contributed by atoms with Gasteiger partial charge in [-0.1, -0.05) is 26.2 Å². The first-order valence-electron chi connectivity index (χ1n) is 14.9. The molecule has 7 nitrogen and oxygen atoms in total. The van der Waals surface area contributed by atoms with Crippen LogP contribution < -0.4 is 16.5 Å². The number of aromatic nitrogens is 2. The largest absolute Gasteiger partial charge is 0.418 e. The van der Waals surface area contributed by atoms with Crippen LogP contribution in [0.25, 0.3) is 5.52 Å². The molecule has 2 aliphatic carbocycles. The molecule has 216 valence electrons. The zero-order chi connectivity index (χ0) is 27.3. The summed E-state index contributed by atoms with van der Waals surface area (Å²) in [6.45, 7) is 5.18. The van der Waals surface area contributed by atoms with Crippen LogP contribution in [0.5, 0.6) is 0 Å². The summed E-state index contributed by atoms with van der Waals surface area (Å²) in [5.41, 5.74) is 6.21. The Labute approximate surface area is 228 Å². The molecule has 4 fully saturated rings. The highest BCUT2D eigenvalue weighted by atomic mass is 19.4. The zero-order valence-corrected chi connectivity index (χ0v) is 23.2. The lowest BCUT2D eigenvalue weighted by Gasteiger charge is -2.39. The fraction of sp³-hybridized carbons (Fsp3) is 0.759. The highest BCUT2D eigenvalue weighted by Crippen LogP contribution is 2.45. The van der Waals surface area contributed by atoms with Gasteiger partial charge in [-0.25, -0.2) is 15.6 Å². The number of rotatable bonds is 7. The minimum Gasteiger partial charge on any atom is -0.299 e. The molecule has 0 aromatic carbocycles. The summed E-state index contributed by atoms with van der Waals surface area (Å²) in [6.07, 6.45) is 8.58. The second-order valence-corrected chi connectivity index (χ2v) is 12.9. The molecule has 39 heavy (non-hydrogen) atoms. The van der Waals surface area contributed by atoms with E-state index >= 15 is 0 Å². The quantitative estimate of drug-likeness (QED) is 0.520. The van der Waals surface area contributed by atoms with Crippen LogP contribution in [0.1, 0.15) is 81.9 Å². The van der Waals surface area contributed by atoms with Gasteiger partial charge in [0.1, 0.15) is 0 Å². The van der Waals surface area contributed by atoms with Crippen molar-refractivity contribution in [3.63, 3.8) is 0 Å². The third kappa shape index (κ3) is 5.80. The van der Waals surface area contributed by atoms with Crippen LogP contribution in [0.4, 0.5) is 13.2 Å². The lowest BCUT2D eigenvalue weighted by Crippen LogP contribution is -2.46. The first kappa shape index (κ1) is 27.3. The Bertz CT molecular complexity index is 1220. The maximum absolute atomic E-state index is 14.3. The van der Waals surface area contributed by atoms with Gasteiger partial charge in [0, 0.05) is 31.5 Å². The maximum Gasteiger partial charge on any atom is 0.418 e. The Balaban J connectivity index is 1.30. The molecule has 6 rings (SSSR count). The van der Waals surface area contributed by atoms with Crippen LogP contribution in [-0.2, 0) is 12.7 Å². The standard InChI is InChI=1S/C29H43F3N6O/c1-19-5-4-10-36(14-19)15-21-12-25(29(30,31)32)26-17-37(28(39)38(26)16-21)23-7-3-6-22(13-23)24(11-20-8-9-20)27-34-33-18-35(27)2/h12,16-17,19-20,22-24,27,33-34H,3-11,13-15,18H2,1-2H3/t19-,22?,23?,24+,27?/m0/s1. The monoisotopic (exact) mass is 548 g/mol. The van der Waals surface area contributed by atoms with Crippen LogP contribution in [0.3, 0.4) is 0 Å². The fourth-order valence-electron chi connectivity index (χ4n) is 7.60. The summed E-state index contributed by atoms with van der Waals surface area (Å²) < 4.78 is 45.7. The molecule has 4 heterocycles. The summed E-state index contributed by atoms with van der Waals surface area (Å²) in [5.74, 6) is 2.20. The highest BCUT2D eigenvalue weighted by molar-refractivity contribution is 5.56. The predicted molar refractivity (Wildman–Crippen MR) is 145 cm³/mol. The number of nitrogens with zero attached hydrogens (tertiary/aromatic N) is 4. The fourth-order valence-corrected chi connectivity index (χ4v) is 7.60. The molecule has 0 spiro atoms. The van der Waals surface area contributed by atoms with Crippen molar-refractivity contribution in [1.82, 2.24) is 29.6 Å². The first-order valence-corrected chi connectivity index (χ1v) is 14.9. The van der Waals surface area contributed by atoms with Gasteiger partial charge < -0.3 is 0 Å². The number of nitrogens with one attached hydrogen (secondary N) is 2. The van der Waals surface area contributed by atoms with Crippen LogP contribution in [0, 0.1) is 23.7 Å². The molecule has 5 atom stereocenters. The lowest BCUT2D eigenvalue weighted by molar-refractivity contribution is -0.136. The van der Waals surface area contributed by atoms with E-state index in [1.807, 2.05) is 0 Å². The van der Waals surface area contributed by atoms with E-state index in [2.05, 4.69) is 34.6 Å². The van der Waals surface area contributed by atoms with E-state index in [-0.39, 0.29) is 23.4 Å². The van der Waals surface area contributed by atoms with Crippen molar-refractivity contribution >= 4 is 5.52 Å². The van der Waals surface area contributed by atoms with Gasteiger partial charge in [0.25, 0.3) is 0 Å². The Morgan fingerprint density at radius 1 is 1.10 bits per heavy atom. The Hall–Kier alpha value is -1.88. The smallest absolute Gasteiger partial charge is 0.299 e. The number of halogens is 3. The molecule has 2 aliphatic heterocycles. The molecule has 2 saturated carbocycles. The Morgan fingerprint density at radius 3 is 2.62 bits per heavy atom. The van der Waals surface area contributed by atoms with Crippen molar-refractivity contribution in [3.8, 4) is 0 Å². The Kier molecular flexibility index (Phi) is 7.58. The number of imidazole rings is 1. The lowest BCUT2D eigenvalue weighted by atomic mass is 9.74. The van der Waals surface area contributed by atoms with Gasteiger partial charge in [0.15, 0.2) is 0 Å². The summed E-state index contributed by atoms with van der Waals surface area (Å²) >= 11 is 0. The van der Waals surface area contributed by atoms with Gasteiger partial charge in [0.05, 0.1) is 23.9 Å². The van der Waals surface area contributed by atoms with Crippen LogP contribution >= 0.6 is 0 Å². The topological polar surface area (TPSA) is 57.0 Å². The molecule has 0 bridgehead atoms. The maximum atomic E-state index is 14.3. The van der Waals surface area contributed by atoms with Crippen molar-refractivity contribution < 1.29 is 13.2 Å². The summed E-state index contributed by atoms with van der Waals surface area (Å²) in [5, 5.41) is 0. The van der Waals surface area contributed by atoms with Gasteiger partial charge in [0.2, 0.25) is 0 Å². The molecular formula is C29H43F3N6O. The number of hydrazine groups is 1. The molecule has 0 amide bonds. The highest BCUT2D eigenvalue weighted by Gasteiger charge is 2.41. The van der Waals surface area contributed by atoms with E-state index in [0.29, 0.717) is 29.9 Å². The average molecular weight is 549 g/mol. The number of fused-ring (bicyclic) bond motifs is 1. The van der Waals surface area contributed by atoms with Crippen LogP contribution in [-0.4, -0.2) is 51.7 Å². The van der Waals surface area contributed by atoms with Gasteiger partial charge >= 0.3 is 11.9 Å². The molecular weight excluding hydrogens is 505 g/mol. The second-order valence-electron chi connectivity index (χ2n) is 12.9. The molecule has 10 heteroatoms. The van der Waals surface area contributed by atoms with E-state index in [9.17, 15) is 18.0 Å². The van der Waals surface area contributed by atoms with E-state index in [4.69, 9.17) is 0 Å². The van der Waals surface area contributed by atoms with E-state index < -0.39 is 11.7 Å². The summed E-state index contributed by atoms with van der Waals surface area (Å²) in [7, 11) is 2.13. The van der Waals surface area contributed by atoms with Crippen LogP contribution in [0.15, 0.2) is 23.3 Å². The van der Waals surface area contributed by atoms with Gasteiger partial charge in [-0.2, -0.15) is 13.2 Å². The Morgan fingerprint density at radius 2 is 1.92 bits per heavy atom. The van der Waals surface area contributed by atoms with E-state index in [0.717, 1.165) is 64.2 Å². The number of hydrogen-bond donors (Lipinski definition) is 2. The molecule has 2 saturated heterocycles. The molecule has 2 aromatic rings. The number of likely N-dealkylation sites (tertiary alicyclic amines) is 1. The third-order valence-corrected chi connectivity index (χ3v) is 9.75. The van der Waals surface area contributed by atoms with Crippen molar-refractivity contribution in [3.05, 3.63) is 40.1 Å². The number of alkyl halides is 3. The third-order valence-electron chi connectivity index (χ3n) is 9.75. The van der Waals surface area contributed by atoms with Gasteiger partial charge in [-0.3, -0.25) is 18.8 Å². The average Bonchev–Trinajstić information content (AvgIpc) is 3.53. The molecule has 4 aliphatic rings. The van der Waals surface area contributed by atoms with Crippen molar-refractivity contribution in [2.24, 2.45) is 23.7 Å². The van der Waals surface area contributed by atoms with Crippen molar-refractivity contribution in [1.29, 1.82) is 0 Å². The van der Waals surface area contributed by atoms with Crippen molar-refractivity contribution in [2.45, 2.75) is 89.6 Å². The number of piperidine rings is 1. The second kappa shape index (κ2) is 10.8. The predicted octanol–water partition coefficient (Wildman–Crippen LogP) is 4.82. The minimum atomic E-state index is -4.52. The minimum absolute atomic E-state index is 0.0266. The summed E-state index contributed by atoms with van der Waals surface area (Å²) in [4.78, 5) is 18.2. The van der Waals surface area contributed by atoms with E-state index in [1.54, 1.807) is 10.8 Å². The van der Waals surface area contributed by atoms with Crippen LogP contribution in [0.2, 0.25) is 0 Å². The normalized spacial score (nSPS) is 30.3. The SMILES string of the molecule is C[C@H]1CCCN(Cc2cc(C(F)(F)F)c3cn(C4CCCC([C@@H](CC5CC5)C5NNCN5C)C4)c(=O)n3c2)C1. The van der Waals surface area contributed by atoms with E-state index in [1.165, 1.54) is 35.9 Å². The summed E-state index contributed by atoms with van der Waals surface area (Å²) in [6, 6.07) is 1.19. The van der Waals surface area contributed by atoms with Crippen molar-refractivity contribution in [2.75, 3.05) is 26.8 Å². The first-order chi connectivity index (χ1) is 18.7. The van der Waals surface area contributed by atoms with Gasteiger partial charge in [-0.15, -0.1) is 0 Å². The van der Waals surface area contributed by atoms with Gasteiger partial charge in [-0.05, 0) is 87.4 Å².